The first kappa shape index (κ1) is 18.4. The van der Waals surface area contributed by atoms with Gasteiger partial charge in [0.25, 0.3) is 0 Å². The quantitative estimate of drug-likeness (QED) is 0.615. The number of nitrogens with zero attached hydrogens (tertiary/aromatic N) is 3. The number of methoxy groups -OCH3 is 1. The van der Waals surface area contributed by atoms with E-state index in [1.54, 1.807) is 12.1 Å². The zero-order valence-corrected chi connectivity index (χ0v) is 14.0. The summed E-state index contributed by atoms with van der Waals surface area (Å²) in [7, 11) is -2.53. The normalized spacial score (nSPS) is 11.0. The van der Waals surface area contributed by atoms with Gasteiger partial charge >= 0.3 is 6.09 Å². The first-order valence-electron chi connectivity index (χ1n) is 6.91. The van der Waals surface area contributed by atoms with E-state index in [2.05, 4.69) is 25.7 Å². The number of aromatic nitrogens is 3. The van der Waals surface area contributed by atoms with Crippen molar-refractivity contribution in [1.82, 2.24) is 20.3 Å². The number of benzene rings is 1. The van der Waals surface area contributed by atoms with E-state index in [-0.39, 0.29) is 29.7 Å². The van der Waals surface area contributed by atoms with E-state index >= 15 is 0 Å². The molecule has 0 atom stereocenters. The summed E-state index contributed by atoms with van der Waals surface area (Å²) in [5.74, 6) is -0.191. The Morgan fingerprint density at radius 1 is 1.28 bits per heavy atom. The van der Waals surface area contributed by atoms with E-state index in [9.17, 15) is 18.0 Å². The molecule has 0 fully saturated rings. The summed E-state index contributed by atoms with van der Waals surface area (Å²) in [6, 6.07) is 5.82. The Morgan fingerprint density at radius 2 is 1.96 bits per heavy atom. The minimum Gasteiger partial charge on any atom is -0.453 e. The molecule has 1 aromatic carbocycles. The van der Waals surface area contributed by atoms with Gasteiger partial charge < -0.3 is 10.1 Å². The van der Waals surface area contributed by atoms with Crippen molar-refractivity contribution in [2.75, 3.05) is 12.4 Å². The Hall–Kier alpha value is -2.99. The molecule has 4 N–H and O–H groups in total. The zero-order valence-electron chi connectivity index (χ0n) is 13.2. The second-order valence-electron chi connectivity index (χ2n) is 4.88. The Labute approximate surface area is 143 Å². The first-order chi connectivity index (χ1) is 11.8. The molecule has 0 bridgehead atoms. The van der Waals surface area contributed by atoms with Crippen LogP contribution in [-0.2, 0) is 32.6 Å². The zero-order chi connectivity index (χ0) is 18.4. The van der Waals surface area contributed by atoms with Crippen LogP contribution in [0.4, 0.5) is 10.6 Å². The van der Waals surface area contributed by atoms with Crippen LogP contribution < -0.4 is 15.8 Å². The summed E-state index contributed by atoms with van der Waals surface area (Å²) >= 11 is 0. The number of ether oxygens (including phenoxy) is 1. The standard InChI is InChI=1S/C13H16N6O5S/c1-24-13(21)16-11-7-19(18-17-11)8-12(20)15-6-9-2-4-10(5-3-9)25(14,22)23/h2-5,7H,6,8H2,1H3,(H,15,20)(H,16,21)(H2,14,22,23). The molecule has 1 heterocycles. The molecule has 25 heavy (non-hydrogen) atoms. The maximum Gasteiger partial charge on any atom is 0.412 e. The molecular formula is C13H16N6O5S. The van der Waals surface area contributed by atoms with E-state index in [1.165, 1.54) is 30.1 Å². The Balaban J connectivity index is 1.85. The molecule has 134 valence electrons. The molecule has 0 saturated heterocycles. The summed E-state index contributed by atoms with van der Waals surface area (Å²) in [5.41, 5.74) is 0.701. The molecule has 2 aromatic rings. The van der Waals surface area contributed by atoms with Crippen LogP contribution in [0.25, 0.3) is 0 Å². The highest BCUT2D eigenvalue weighted by Gasteiger charge is 2.09. The molecule has 0 aliphatic rings. The van der Waals surface area contributed by atoms with Gasteiger partial charge in [-0.2, -0.15) is 0 Å². The topological polar surface area (TPSA) is 158 Å². The average Bonchev–Trinajstić information content (AvgIpc) is 2.99. The number of hydrogen-bond acceptors (Lipinski definition) is 7. The van der Waals surface area contributed by atoms with Gasteiger partial charge in [-0.25, -0.2) is 23.0 Å². The molecule has 12 heteroatoms. The Morgan fingerprint density at radius 3 is 2.56 bits per heavy atom. The highest BCUT2D eigenvalue weighted by Crippen LogP contribution is 2.08. The number of hydrogen-bond donors (Lipinski definition) is 3. The summed E-state index contributed by atoms with van der Waals surface area (Å²) in [6.45, 7) is 0.0941. The maximum atomic E-state index is 11.9. The van der Waals surface area contributed by atoms with Crippen molar-refractivity contribution in [3.8, 4) is 0 Å². The van der Waals surface area contributed by atoms with E-state index in [0.717, 1.165) is 0 Å². The second-order valence-corrected chi connectivity index (χ2v) is 6.45. The second kappa shape index (κ2) is 7.72. The van der Waals surface area contributed by atoms with Crippen molar-refractivity contribution in [2.24, 2.45) is 5.14 Å². The molecule has 11 nitrogen and oxygen atoms in total. The van der Waals surface area contributed by atoms with Crippen LogP contribution in [0.2, 0.25) is 0 Å². The molecule has 0 saturated carbocycles. The Bertz CT molecular complexity index is 861. The van der Waals surface area contributed by atoms with Crippen LogP contribution >= 0.6 is 0 Å². The minimum atomic E-state index is -3.74. The van der Waals surface area contributed by atoms with E-state index < -0.39 is 16.1 Å². The van der Waals surface area contributed by atoms with Crippen LogP contribution in [-0.4, -0.2) is 42.5 Å². The largest absolute Gasteiger partial charge is 0.453 e. The van der Waals surface area contributed by atoms with Crippen LogP contribution in [0.15, 0.2) is 35.4 Å². The third kappa shape index (κ3) is 5.54. The summed E-state index contributed by atoms with van der Waals surface area (Å²) < 4.78 is 28.0. The number of carbonyl (C=O) groups excluding carboxylic acids is 2. The number of nitrogens with two attached hydrogens (primary N) is 1. The predicted octanol–water partition coefficient (Wildman–Crippen LogP) is -0.580. The number of sulfonamides is 1. The van der Waals surface area contributed by atoms with Gasteiger partial charge in [0.05, 0.1) is 18.2 Å². The maximum absolute atomic E-state index is 11.9. The van der Waals surface area contributed by atoms with Gasteiger partial charge in [-0.15, -0.1) is 5.10 Å². The number of nitrogens with one attached hydrogen (secondary N) is 2. The van der Waals surface area contributed by atoms with Gasteiger partial charge in [-0.05, 0) is 17.7 Å². The van der Waals surface area contributed by atoms with Crippen molar-refractivity contribution >= 4 is 27.8 Å². The highest BCUT2D eigenvalue weighted by molar-refractivity contribution is 7.89. The lowest BCUT2D eigenvalue weighted by molar-refractivity contribution is -0.122. The fourth-order valence-corrected chi connectivity index (χ4v) is 2.30. The Kier molecular flexibility index (Phi) is 5.67. The fourth-order valence-electron chi connectivity index (χ4n) is 1.79. The lowest BCUT2D eigenvalue weighted by Gasteiger charge is -2.06. The first-order valence-corrected chi connectivity index (χ1v) is 8.46. The number of primary sulfonamides is 1. The number of carbonyl (C=O) groups is 2. The summed E-state index contributed by atoms with van der Waals surface area (Å²) in [6.07, 6.45) is 0.677. The predicted molar refractivity (Wildman–Crippen MR) is 85.7 cm³/mol. The lowest BCUT2D eigenvalue weighted by Crippen LogP contribution is -2.27. The molecule has 0 aliphatic carbocycles. The van der Waals surface area contributed by atoms with Crippen molar-refractivity contribution in [3.63, 3.8) is 0 Å². The monoisotopic (exact) mass is 368 g/mol. The fraction of sp³-hybridized carbons (Fsp3) is 0.231. The van der Waals surface area contributed by atoms with Crippen molar-refractivity contribution < 1.29 is 22.7 Å². The SMILES string of the molecule is COC(=O)Nc1cn(CC(=O)NCc2ccc(S(N)(=O)=O)cc2)nn1. The molecular weight excluding hydrogens is 352 g/mol. The van der Waals surface area contributed by atoms with Gasteiger partial charge in [0, 0.05) is 6.54 Å². The van der Waals surface area contributed by atoms with E-state index in [1.807, 2.05) is 0 Å². The van der Waals surface area contributed by atoms with Gasteiger partial charge in [0.2, 0.25) is 15.9 Å². The number of amides is 2. The van der Waals surface area contributed by atoms with Crippen LogP contribution in [0, 0.1) is 0 Å². The van der Waals surface area contributed by atoms with Crippen LogP contribution in [0.3, 0.4) is 0 Å². The van der Waals surface area contributed by atoms with Gasteiger partial charge in [-0.1, -0.05) is 17.3 Å². The van der Waals surface area contributed by atoms with Gasteiger partial charge in [0.15, 0.2) is 5.82 Å². The molecule has 0 unspecified atom stereocenters. The van der Waals surface area contributed by atoms with E-state index in [0.29, 0.717) is 5.56 Å². The number of anilines is 1. The lowest BCUT2D eigenvalue weighted by atomic mass is 10.2. The summed E-state index contributed by atoms with van der Waals surface area (Å²) in [5, 5.41) is 17.3. The third-order valence-electron chi connectivity index (χ3n) is 3.00. The van der Waals surface area contributed by atoms with Crippen molar-refractivity contribution in [2.45, 2.75) is 18.0 Å². The van der Waals surface area contributed by atoms with Gasteiger partial charge in [-0.3, -0.25) is 10.1 Å². The molecule has 0 radical (unpaired) electrons. The van der Waals surface area contributed by atoms with E-state index in [4.69, 9.17) is 5.14 Å². The molecule has 1 aromatic heterocycles. The van der Waals surface area contributed by atoms with Crippen LogP contribution in [0.5, 0.6) is 0 Å². The molecule has 0 aliphatic heterocycles. The van der Waals surface area contributed by atoms with Gasteiger partial charge in [0.1, 0.15) is 6.54 Å². The van der Waals surface area contributed by atoms with Crippen molar-refractivity contribution in [1.29, 1.82) is 0 Å². The third-order valence-corrected chi connectivity index (χ3v) is 3.93. The molecule has 2 rings (SSSR count). The minimum absolute atomic E-state index is 0.00386. The number of rotatable bonds is 6. The van der Waals surface area contributed by atoms with Crippen molar-refractivity contribution in [3.05, 3.63) is 36.0 Å². The smallest absolute Gasteiger partial charge is 0.412 e. The highest BCUT2D eigenvalue weighted by atomic mass is 32.2. The summed E-state index contributed by atoms with van der Waals surface area (Å²) in [4.78, 5) is 22.9. The molecule has 2 amide bonds. The average molecular weight is 368 g/mol. The van der Waals surface area contributed by atoms with Crippen LogP contribution in [0.1, 0.15) is 5.56 Å². The molecule has 0 spiro atoms.